The van der Waals surface area contributed by atoms with Gasteiger partial charge in [-0.1, -0.05) is 41.0 Å². The zero-order chi connectivity index (χ0) is 18.4. The van der Waals surface area contributed by atoms with Crippen molar-refractivity contribution in [3.8, 4) is 5.75 Å². The van der Waals surface area contributed by atoms with Gasteiger partial charge in [0.1, 0.15) is 5.75 Å². The molecule has 0 unspecified atom stereocenters. The van der Waals surface area contributed by atoms with Crippen LogP contribution in [0.15, 0.2) is 52.9 Å². The van der Waals surface area contributed by atoms with Crippen LogP contribution < -0.4 is 15.4 Å². The molecule has 0 radical (unpaired) electrons. The van der Waals surface area contributed by atoms with Gasteiger partial charge < -0.3 is 14.5 Å². The van der Waals surface area contributed by atoms with Gasteiger partial charge in [0.15, 0.2) is 0 Å². The van der Waals surface area contributed by atoms with Gasteiger partial charge in [0.2, 0.25) is 5.89 Å². The number of anilines is 1. The molecule has 0 fully saturated rings. The number of hydrogen-bond acceptors (Lipinski definition) is 5. The molecule has 3 rings (SSSR count). The highest BCUT2D eigenvalue weighted by Crippen LogP contribution is 2.15. The van der Waals surface area contributed by atoms with Gasteiger partial charge in [0.25, 0.3) is 0 Å². The molecule has 0 saturated carbocycles. The average molecular weight is 373 g/mol. The predicted molar refractivity (Wildman–Crippen MR) is 97.4 cm³/mol. The normalized spacial score (nSPS) is 10.4. The topological polar surface area (TPSA) is 89.3 Å². The molecule has 8 heteroatoms. The molecular formula is C18H17ClN4O3. The molecule has 0 aliphatic rings. The molecule has 26 heavy (non-hydrogen) atoms. The quantitative estimate of drug-likeness (QED) is 0.689. The Morgan fingerprint density at radius 1 is 1.08 bits per heavy atom. The molecule has 1 aromatic heterocycles. The fraction of sp³-hybridized carbons (Fsp3) is 0.167. The highest BCUT2D eigenvalue weighted by molar-refractivity contribution is 6.30. The number of benzene rings is 2. The monoisotopic (exact) mass is 372 g/mol. The van der Waals surface area contributed by atoms with Crippen molar-refractivity contribution in [1.29, 1.82) is 0 Å². The number of ether oxygens (including phenoxy) is 1. The van der Waals surface area contributed by atoms with Crippen molar-refractivity contribution >= 4 is 23.6 Å². The van der Waals surface area contributed by atoms with Gasteiger partial charge in [0.05, 0.1) is 13.5 Å². The number of carbonyl (C=O) groups excluding carboxylic acids is 1. The van der Waals surface area contributed by atoms with Crippen LogP contribution in [0.2, 0.25) is 5.02 Å². The SMILES string of the molecule is COc1ccc(Cc2nnc(NC(=O)NCc3ccc(Cl)cc3)o2)cc1. The first-order chi connectivity index (χ1) is 12.6. The number of aromatic nitrogens is 2. The van der Waals surface area contributed by atoms with E-state index in [-0.39, 0.29) is 6.01 Å². The Kier molecular flexibility index (Phi) is 5.70. The van der Waals surface area contributed by atoms with Crippen LogP contribution >= 0.6 is 11.6 Å². The summed E-state index contributed by atoms with van der Waals surface area (Å²) in [6, 6.07) is 14.3. The van der Waals surface area contributed by atoms with E-state index in [0.717, 1.165) is 16.9 Å². The number of halogens is 1. The van der Waals surface area contributed by atoms with E-state index in [1.54, 1.807) is 19.2 Å². The highest BCUT2D eigenvalue weighted by atomic mass is 35.5. The first-order valence-electron chi connectivity index (χ1n) is 7.87. The van der Waals surface area contributed by atoms with Crippen LogP contribution in [0.5, 0.6) is 5.75 Å². The van der Waals surface area contributed by atoms with E-state index in [4.69, 9.17) is 20.8 Å². The Labute approximate surface area is 155 Å². The summed E-state index contributed by atoms with van der Waals surface area (Å²) < 4.78 is 10.6. The Morgan fingerprint density at radius 3 is 2.46 bits per heavy atom. The van der Waals surface area contributed by atoms with E-state index in [1.807, 2.05) is 36.4 Å². The van der Waals surface area contributed by atoms with Crippen molar-refractivity contribution < 1.29 is 13.9 Å². The molecule has 0 aliphatic carbocycles. The molecule has 2 amide bonds. The summed E-state index contributed by atoms with van der Waals surface area (Å²) in [4.78, 5) is 11.9. The second-order valence-corrected chi connectivity index (χ2v) is 5.90. The van der Waals surface area contributed by atoms with Gasteiger partial charge in [-0.3, -0.25) is 5.32 Å². The Bertz CT molecular complexity index is 863. The van der Waals surface area contributed by atoms with Crippen LogP contribution in [0.25, 0.3) is 0 Å². The standard InChI is InChI=1S/C18H17ClN4O3/c1-25-15-8-4-12(5-9-15)10-16-22-23-18(26-16)21-17(24)20-11-13-2-6-14(19)7-3-13/h2-9H,10-11H2,1H3,(H2,20,21,23,24). The summed E-state index contributed by atoms with van der Waals surface area (Å²) >= 11 is 5.82. The van der Waals surface area contributed by atoms with Crippen LogP contribution in [0.1, 0.15) is 17.0 Å². The summed E-state index contributed by atoms with van der Waals surface area (Å²) in [6.07, 6.45) is 0.463. The van der Waals surface area contributed by atoms with E-state index in [9.17, 15) is 4.79 Å². The van der Waals surface area contributed by atoms with Crippen LogP contribution in [0.3, 0.4) is 0 Å². The average Bonchev–Trinajstić information content (AvgIpc) is 3.08. The van der Waals surface area contributed by atoms with Crippen LogP contribution in [0, 0.1) is 0 Å². The third kappa shape index (κ3) is 4.97. The fourth-order valence-electron chi connectivity index (χ4n) is 2.22. The molecule has 0 bridgehead atoms. The first kappa shape index (κ1) is 17.8. The smallest absolute Gasteiger partial charge is 0.323 e. The fourth-order valence-corrected chi connectivity index (χ4v) is 2.35. The molecule has 0 aliphatic heterocycles. The zero-order valence-corrected chi connectivity index (χ0v) is 14.8. The van der Waals surface area contributed by atoms with Crippen molar-refractivity contribution in [2.75, 3.05) is 12.4 Å². The largest absolute Gasteiger partial charge is 0.497 e. The van der Waals surface area contributed by atoms with Gasteiger partial charge in [-0.25, -0.2) is 4.79 Å². The molecule has 134 valence electrons. The van der Waals surface area contributed by atoms with Crippen molar-refractivity contribution in [2.45, 2.75) is 13.0 Å². The minimum atomic E-state index is -0.431. The van der Waals surface area contributed by atoms with Gasteiger partial charge in [0, 0.05) is 11.6 Å². The van der Waals surface area contributed by atoms with Gasteiger partial charge in [-0.15, -0.1) is 5.10 Å². The van der Waals surface area contributed by atoms with E-state index in [1.165, 1.54) is 0 Å². The van der Waals surface area contributed by atoms with Crippen LogP contribution in [0.4, 0.5) is 10.8 Å². The predicted octanol–water partition coefficient (Wildman–Crippen LogP) is 3.64. The lowest BCUT2D eigenvalue weighted by Crippen LogP contribution is -2.28. The molecule has 3 aromatic rings. The lowest BCUT2D eigenvalue weighted by atomic mass is 10.1. The lowest BCUT2D eigenvalue weighted by molar-refractivity contribution is 0.251. The zero-order valence-electron chi connectivity index (χ0n) is 14.0. The molecule has 0 atom stereocenters. The number of methoxy groups -OCH3 is 1. The van der Waals surface area contributed by atoms with Crippen molar-refractivity contribution in [2.24, 2.45) is 0 Å². The molecule has 2 aromatic carbocycles. The Morgan fingerprint density at radius 2 is 1.77 bits per heavy atom. The van der Waals surface area contributed by atoms with Crippen molar-refractivity contribution in [3.05, 3.63) is 70.6 Å². The number of rotatable bonds is 6. The molecule has 2 N–H and O–H groups in total. The molecule has 0 saturated heterocycles. The highest BCUT2D eigenvalue weighted by Gasteiger charge is 2.10. The number of nitrogens with zero attached hydrogens (tertiary/aromatic N) is 2. The van der Waals surface area contributed by atoms with Crippen LogP contribution in [-0.4, -0.2) is 23.3 Å². The van der Waals surface area contributed by atoms with Crippen LogP contribution in [-0.2, 0) is 13.0 Å². The van der Waals surface area contributed by atoms with Gasteiger partial charge >= 0.3 is 12.0 Å². The van der Waals surface area contributed by atoms with Gasteiger partial charge in [-0.05, 0) is 35.4 Å². The van der Waals surface area contributed by atoms with E-state index in [0.29, 0.717) is 23.9 Å². The second kappa shape index (κ2) is 8.35. The summed E-state index contributed by atoms with van der Waals surface area (Å²) in [5, 5.41) is 13.6. The summed E-state index contributed by atoms with van der Waals surface area (Å²) in [5.74, 6) is 1.18. The maximum Gasteiger partial charge on any atom is 0.323 e. The number of nitrogens with one attached hydrogen (secondary N) is 2. The maximum absolute atomic E-state index is 11.9. The molecule has 0 spiro atoms. The third-order valence-electron chi connectivity index (χ3n) is 3.57. The maximum atomic E-state index is 11.9. The number of amides is 2. The number of carbonyl (C=O) groups is 1. The number of urea groups is 1. The summed E-state index contributed by atoms with van der Waals surface area (Å²) in [5.41, 5.74) is 1.92. The molecule has 1 heterocycles. The first-order valence-corrected chi connectivity index (χ1v) is 8.25. The number of hydrogen-bond donors (Lipinski definition) is 2. The van der Waals surface area contributed by atoms with E-state index in [2.05, 4.69) is 20.8 Å². The van der Waals surface area contributed by atoms with Crippen molar-refractivity contribution in [3.63, 3.8) is 0 Å². The van der Waals surface area contributed by atoms with E-state index >= 15 is 0 Å². The van der Waals surface area contributed by atoms with Crippen molar-refractivity contribution in [1.82, 2.24) is 15.5 Å². The third-order valence-corrected chi connectivity index (χ3v) is 3.82. The second-order valence-electron chi connectivity index (χ2n) is 5.46. The summed E-state index contributed by atoms with van der Waals surface area (Å²) in [7, 11) is 1.61. The Balaban J connectivity index is 1.50. The van der Waals surface area contributed by atoms with Gasteiger partial charge in [-0.2, -0.15) is 0 Å². The summed E-state index contributed by atoms with van der Waals surface area (Å²) in [6.45, 7) is 0.357. The minimum Gasteiger partial charge on any atom is -0.497 e. The van der Waals surface area contributed by atoms with E-state index < -0.39 is 6.03 Å². The molecular weight excluding hydrogens is 356 g/mol. The molecule has 7 nitrogen and oxygen atoms in total. The Hall–Kier alpha value is -3.06. The lowest BCUT2D eigenvalue weighted by Gasteiger charge is -2.04. The minimum absolute atomic E-state index is 0.0436.